The molecule has 6 nitrogen and oxygen atoms in total. The minimum atomic E-state index is -1.27. The van der Waals surface area contributed by atoms with Crippen molar-refractivity contribution in [1.82, 2.24) is 19.7 Å². The van der Waals surface area contributed by atoms with Crippen LogP contribution in [0.4, 0.5) is 10.1 Å². The minimum absolute atomic E-state index is 0.200. The lowest BCUT2D eigenvalue weighted by Crippen LogP contribution is -2.53. The van der Waals surface area contributed by atoms with E-state index in [9.17, 15) is 9.50 Å². The molecule has 2 fully saturated rings. The van der Waals surface area contributed by atoms with E-state index in [4.69, 9.17) is 0 Å². The lowest BCUT2D eigenvalue weighted by Gasteiger charge is -2.45. The summed E-state index contributed by atoms with van der Waals surface area (Å²) in [7, 11) is 0. The second-order valence-electron chi connectivity index (χ2n) is 8.88. The van der Waals surface area contributed by atoms with Gasteiger partial charge in [-0.2, -0.15) is 5.10 Å². The predicted molar refractivity (Wildman–Crippen MR) is 120 cm³/mol. The Balaban J connectivity index is 1.74. The number of anilines is 1. The van der Waals surface area contributed by atoms with Gasteiger partial charge >= 0.3 is 0 Å². The van der Waals surface area contributed by atoms with Crippen molar-refractivity contribution >= 4 is 5.69 Å². The number of hydrogen-bond donors (Lipinski definition) is 1. The number of piperidine rings is 2. The molecule has 2 aliphatic heterocycles. The van der Waals surface area contributed by atoms with E-state index in [1.54, 1.807) is 23.1 Å². The van der Waals surface area contributed by atoms with Crippen LogP contribution in [0.25, 0.3) is 0 Å². The molecule has 4 rings (SSSR count). The van der Waals surface area contributed by atoms with Gasteiger partial charge in [0.05, 0.1) is 6.54 Å². The number of benzene rings is 1. The van der Waals surface area contributed by atoms with Gasteiger partial charge in [0.15, 0.2) is 0 Å². The Kier molecular flexibility index (Phi) is 6.25. The maximum atomic E-state index is 14.4. The van der Waals surface area contributed by atoms with Crippen LogP contribution in [0.5, 0.6) is 0 Å². The van der Waals surface area contributed by atoms with Gasteiger partial charge in [0.25, 0.3) is 0 Å². The summed E-state index contributed by atoms with van der Waals surface area (Å²) in [4.78, 5) is 8.53. The van der Waals surface area contributed by atoms with Crippen LogP contribution in [0.1, 0.15) is 38.2 Å². The highest BCUT2D eigenvalue weighted by Crippen LogP contribution is 2.39. The lowest BCUT2D eigenvalue weighted by atomic mass is 9.83. The van der Waals surface area contributed by atoms with Gasteiger partial charge in [-0.1, -0.05) is 30.4 Å². The van der Waals surface area contributed by atoms with E-state index in [-0.39, 0.29) is 18.4 Å². The molecule has 2 aliphatic rings. The molecular weight excluding hydrogens is 393 g/mol. The van der Waals surface area contributed by atoms with E-state index in [2.05, 4.69) is 40.0 Å². The zero-order valence-corrected chi connectivity index (χ0v) is 18.3. The molecule has 0 spiro atoms. The summed E-state index contributed by atoms with van der Waals surface area (Å²) in [5.41, 5.74) is 2.68. The third-order valence-electron chi connectivity index (χ3n) is 6.85. The number of aliphatic hydroxyl groups is 1. The Labute approximate surface area is 183 Å². The molecule has 0 saturated carbocycles. The molecule has 1 aromatic carbocycles. The minimum Gasteiger partial charge on any atom is -0.381 e. The highest BCUT2D eigenvalue weighted by molar-refractivity contribution is 5.57. The molecular formula is C24H32FN5O. The van der Waals surface area contributed by atoms with Crippen molar-refractivity contribution in [3.63, 3.8) is 0 Å². The molecule has 0 aliphatic carbocycles. The third kappa shape index (κ3) is 4.57. The quantitative estimate of drug-likeness (QED) is 0.718. The predicted octanol–water partition coefficient (Wildman–Crippen LogP) is 3.50. The van der Waals surface area contributed by atoms with Crippen molar-refractivity contribution in [2.24, 2.45) is 0 Å². The molecule has 166 valence electrons. The highest BCUT2D eigenvalue weighted by atomic mass is 19.1. The smallest absolute Gasteiger partial charge is 0.137 e. The van der Waals surface area contributed by atoms with Crippen molar-refractivity contribution in [3.8, 4) is 0 Å². The van der Waals surface area contributed by atoms with Crippen molar-refractivity contribution in [2.75, 3.05) is 31.1 Å². The first-order valence-electron chi connectivity index (χ1n) is 11.0. The number of nitrogens with zero attached hydrogens (tertiary/aromatic N) is 5. The lowest BCUT2D eigenvalue weighted by molar-refractivity contribution is -0.0630. The van der Waals surface area contributed by atoms with Gasteiger partial charge < -0.3 is 10.0 Å². The van der Waals surface area contributed by atoms with Gasteiger partial charge in [-0.15, -0.1) is 0 Å². The number of likely N-dealkylation sites (tertiary alicyclic amines) is 1. The van der Waals surface area contributed by atoms with Crippen LogP contribution < -0.4 is 4.90 Å². The number of rotatable bonds is 6. The van der Waals surface area contributed by atoms with E-state index in [0.717, 1.165) is 63.1 Å². The number of aromatic nitrogens is 3. The molecule has 2 saturated heterocycles. The fourth-order valence-electron chi connectivity index (χ4n) is 4.73. The zero-order valence-electron chi connectivity index (χ0n) is 18.3. The standard InChI is InChI=1S/C24H32FN5O/c1-18-6-10-28(11-7-18)20(3)24(31,15-30-17-26-16-27-30)22-5-4-21(25)14-23(22)29-12-8-19(2)9-13-29/h4-5,14,16-17,20,31H,1-2,6-13,15H2,3H3/t20?,24-/m1/s1. The Morgan fingerprint density at radius 3 is 2.35 bits per heavy atom. The molecule has 1 N–H and O–H groups in total. The summed E-state index contributed by atoms with van der Waals surface area (Å²) in [5.74, 6) is -0.298. The first-order chi connectivity index (χ1) is 14.9. The summed E-state index contributed by atoms with van der Waals surface area (Å²) in [5, 5.41) is 16.5. The van der Waals surface area contributed by atoms with Crippen LogP contribution in [0, 0.1) is 5.82 Å². The molecule has 2 atom stereocenters. The van der Waals surface area contributed by atoms with Crippen molar-refractivity contribution in [3.05, 3.63) is 66.5 Å². The van der Waals surface area contributed by atoms with Crippen molar-refractivity contribution < 1.29 is 9.50 Å². The van der Waals surface area contributed by atoms with Crippen LogP contribution >= 0.6 is 0 Å². The van der Waals surface area contributed by atoms with Crippen LogP contribution in [-0.2, 0) is 12.1 Å². The van der Waals surface area contributed by atoms with Gasteiger partial charge in [-0.25, -0.2) is 14.1 Å². The normalized spacial score (nSPS) is 21.2. The van der Waals surface area contributed by atoms with Crippen LogP contribution in [0.2, 0.25) is 0 Å². The first kappa shape index (κ1) is 21.7. The Morgan fingerprint density at radius 1 is 1.10 bits per heavy atom. The van der Waals surface area contributed by atoms with Crippen LogP contribution in [0.3, 0.4) is 0 Å². The second-order valence-corrected chi connectivity index (χ2v) is 8.88. The highest BCUT2D eigenvalue weighted by Gasteiger charge is 2.42. The molecule has 0 amide bonds. The zero-order chi connectivity index (χ0) is 22.0. The van der Waals surface area contributed by atoms with Gasteiger partial charge in [0, 0.05) is 43.5 Å². The summed E-state index contributed by atoms with van der Waals surface area (Å²) in [6, 6.07) is 4.54. The molecule has 2 aromatic rings. The monoisotopic (exact) mass is 425 g/mol. The van der Waals surface area contributed by atoms with E-state index in [1.165, 1.54) is 23.5 Å². The van der Waals surface area contributed by atoms with E-state index >= 15 is 0 Å². The van der Waals surface area contributed by atoms with E-state index in [1.807, 2.05) is 0 Å². The fraction of sp³-hybridized carbons (Fsp3) is 0.500. The summed E-state index contributed by atoms with van der Waals surface area (Å²) in [6.45, 7) is 13.7. The van der Waals surface area contributed by atoms with Crippen LogP contribution in [0.15, 0.2) is 55.2 Å². The van der Waals surface area contributed by atoms with Gasteiger partial charge in [0.1, 0.15) is 24.1 Å². The molecule has 7 heteroatoms. The van der Waals surface area contributed by atoms with E-state index in [0.29, 0.717) is 0 Å². The molecule has 0 bridgehead atoms. The maximum Gasteiger partial charge on any atom is 0.137 e. The van der Waals surface area contributed by atoms with Crippen molar-refractivity contribution in [2.45, 2.75) is 50.8 Å². The maximum absolute atomic E-state index is 14.4. The molecule has 1 unspecified atom stereocenters. The Bertz CT molecular complexity index is 923. The summed E-state index contributed by atoms with van der Waals surface area (Å²) < 4.78 is 16.0. The van der Waals surface area contributed by atoms with E-state index < -0.39 is 5.60 Å². The van der Waals surface area contributed by atoms with Gasteiger partial charge in [-0.05, 0) is 44.7 Å². The number of hydrogen-bond acceptors (Lipinski definition) is 5. The Hall–Kier alpha value is -2.51. The largest absolute Gasteiger partial charge is 0.381 e. The molecule has 31 heavy (non-hydrogen) atoms. The SMILES string of the molecule is C=C1CCN(c2cc(F)ccc2[C@@](O)(Cn2cncn2)C(C)N2CCC(=C)CC2)CC1. The third-order valence-corrected chi connectivity index (χ3v) is 6.85. The Morgan fingerprint density at radius 2 is 1.74 bits per heavy atom. The average Bonchev–Trinajstić information content (AvgIpc) is 3.27. The summed E-state index contributed by atoms with van der Waals surface area (Å²) >= 11 is 0. The molecule has 3 heterocycles. The number of halogens is 1. The van der Waals surface area contributed by atoms with Gasteiger partial charge in [-0.3, -0.25) is 4.90 Å². The second kappa shape index (κ2) is 8.93. The average molecular weight is 426 g/mol. The summed E-state index contributed by atoms with van der Waals surface area (Å²) in [6.07, 6.45) is 6.69. The van der Waals surface area contributed by atoms with Gasteiger partial charge in [0.2, 0.25) is 0 Å². The topological polar surface area (TPSA) is 57.4 Å². The van der Waals surface area contributed by atoms with Crippen LogP contribution in [-0.4, -0.2) is 57.0 Å². The van der Waals surface area contributed by atoms with Crippen molar-refractivity contribution in [1.29, 1.82) is 0 Å². The molecule has 1 aromatic heterocycles. The first-order valence-corrected chi connectivity index (χ1v) is 11.0. The fourth-order valence-corrected chi connectivity index (χ4v) is 4.73. The molecule has 0 radical (unpaired) electrons.